The molecule has 150 valence electrons. The van der Waals surface area contributed by atoms with Gasteiger partial charge in [-0.3, -0.25) is 0 Å². The maximum atomic E-state index is 10.4. The van der Waals surface area contributed by atoms with Gasteiger partial charge in [-0.2, -0.15) is 0 Å². The highest BCUT2D eigenvalue weighted by molar-refractivity contribution is 5.72. The Labute approximate surface area is 164 Å². The highest BCUT2D eigenvalue weighted by atomic mass is 16.4. The van der Waals surface area contributed by atoms with E-state index in [9.17, 15) is 24.9 Å². The van der Waals surface area contributed by atoms with Crippen LogP contribution in [0.3, 0.4) is 0 Å². The topological polar surface area (TPSA) is 113 Å². The number of aliphatic hydroxyl groups is 1. The van der Waals surface area contributed by atoms with Crippen molar-refractivity contribution in [1.82, 2.24) is 5.32 Å². The van der Waals surface area contributed by atoms with Crippen LogP contribution in [0.1, 0.15) is 42.7 Å². The lowest BCUT2D eigenvalue weighted by Gasteiger charge is -2.36. The van der Waals surface area contributed by atoms with Crippen molar-refractivity contribution in [2.45, 2.75) is 43.7 Å². The molecule has 1 saturated heterocycles. The van der Waals surface area contributed by atoms with E-state index in [0.717, 1.165) is 19.4 Å². The average molecular weight is 383 g/mol. The second-order valence-corrected chi connectivity index (χ2v) is 6.73. The number of hydrogen-bond donors (Lipinski definition) is 2. The molecular weight excluding hydrogens is 358 g/mol. The van der Waals surface area contributed by atoms with Crippen molar-refractivity contribution in [2.75, 3.05) is 6.54 Å². The fraction of sp³-hybridized carbons (Fsp3) is 0.364. The SMILES string of the molecule is O=C([O-])CCC(=O)[O-].OC1CCCNC1C(c1ccccc1)c1ccccc1. The molecule has 1 aliphatic rings. The normalized spacial score (nSPS) is 18.8. The molecule has 0 aliphatic carbocycles. The number of carboxylic acid groups (broad SMARTS) is 2. The van der Waals surface area contributed by atoms with Crippen molar-refractivity contribution in [3.63, 3.8) is 0 Å². The standard InChI is InChI=1S/C18H21NO.C4H6O4/c20-16-12-7-13-19-18(16)17(14-8-3-1-4-9-14)15-10-5-2-6-11-15;5-3(6)1-2-4(7)8/h1-6,8-11,16-20H,7,12-13H2;1-2H2,(H,5,6)(H,7,8)/p-2. The number of rotatable bonds is 6. The third kappa shape index (κ3) is 6.79. The van der Waals surface area contributed by atoms with Gasteiger partial charge in [0, 0.05) is 23.9 Å². The third-order valence-electron chi connectivity index (χ3n) is 4.68. The molecule has 0 amide bonds. The number of nitrogens with one attached hydrogen (secondary N) is 1. The van der Waals surface area contributed by atoms with Crippen LogP contribution in [0.2, 0.25) is 0 Å². The molecule has 1 aliphatic heterocycles. The summed E-state index contributed by atoms with van der Waals surface area (Å²) in [5.74, 6) is -2.53. The van der Waals surface area contributed by atoms with E-state index in [4.69, 9.17) is 0 Å². The van der Waals surface area contributed by atoms with Gasteiger partial charge < -0.3 is 30.2 Å². The Morgan fingerprint density at radius 2 is 1.39 bits per heavy atom. The van der Waals surface area contributed by atoms with E-state index in [1.807, 2.05) is 12.1 Å². The summed E-state index contributed by atoms with van der Waals surface area (Å²) in [6, 6.07) is 21.1. The van der Waals surface area contributed by atoms with Gasteiger partial charge in [0.25, 0.3) is 0 Å². The summed E-state index contributed by atoms with van der Waals surface area (Å²) in [5.41, 5.74) is 2.52. The number of piperidine rings is 1. The molecule has 1 heterocycles. The Kier molecular flexibility index (Phi) is 8.65. The monoisotopic (exact) mass is 383 g/mol. The second-order valence-electron chi connectivity index (χ2n) is 6.73. The largest absolute Gasteiger partial charge is 0.550 e. The van der Waals surface area contributed by atoms with Gasteiger partial charge in [-0.25, -0.2) is 0 Å². The second kappa shape index (κ2) is 11.2. The summed E-state index contributed by atoms with van der Waals surface area (Å²) in [6.45, 7) is 0.984. The van der Waals surface area contributed by atoms with Crippen LogP contribution in [-0.4, -0.2) is 35.7 Å². The molecule has 2 unspecified atom stereocenters. The van der Waals surface area contributed by atoms with Crippen LogP contribution in [0.25, 0.3) is 0 Å². The fourth-order valence-corrected chi connectivity index (χ4v) is 3.37. The molecular formula is C22H25NO5-2. The predicted molar refractivity (Wildman–Crippen MR) is 101 cm³/mol. The first-order chi connectivity index (χ1) is 13.5. The summed E-state index contributed by atoms with van der Waals surface area (Å²) < 4.78 is 0. The fourth-order valence-electron chi connectivity index (χ4n) is 3.37. The smallest absolute Gasteiger partial charge is 0.0703 e. The van der Waals surface area contributed by atoms with Crippen molar-refractivity contribution in [3.05, 3.63) is 71.8 Å². The van der Waals surface area contributed by atoms with E-state index < -0.39 is 24.8 Å². The lowest BCUT2D eigenvalue weighted by Crippen LogP contribution is -2.48. The minimum Gasteiger partial charge on any atom is -0.550 e. The van der Waals surface area contributed by atoms with Crippen molar-refractivity contribution >= 4 is 11.9 Å². The Morgan fingerprint density at radius 1 is 0.929 bits per heavy atom. The Morgan fingerprint density at radius 3 is 1.79 bits per heavy atom. The lowest BCUT2D eigenvalue weighted by atomic mass is 9.80. The summed E-state index contributed by atoms with van der Waals surface area (Å²) in [4.78, 5) is 19.0. The molecule has 2 aromatic rings. The van der Waals surface area contributed by atoms with Gasteiger partial charge in [0.1, 0.15) is 0 Å². The van der Waals surface area contributed by atoms with Gasteiger partial charge >= 0.3 is 0 Å². The van der Waals surface area contributed by atoms with Crippen LogP contribution < -0.4 is 15.5 Å². The van der Waals surface area contributed by atoms with Crippen LogP contribution >= 0.6 is 0 Å². The van der Waals surface area contributed by atoms with Gasteiger partial charge in [-0.1, -0.05) is 60.7 Å². The van der Waals surface area contributed by atoms with Gasteiger partial charge in [0.2, 0.25) is 0 Å². The van der Waals surface area contributed by atoms with E-state index in [1.165, 1.54) is 11.1 Å². The Balaban J connectivity index is 0.000000300. The minimum atomic E-state index is -1.37. The van der Waals surface area contributed by atoms with E-state index in [2.05, 4.69) is 53.8 Å². The third-order valence-corrected chi connectivity index (χ3v) is 4.68. The van der Waals surface area contributed by atoms with Crippen molar-refractivity contribution in [1.29, 1.82) is 0 Å². The first-order valence-electron chi connectivity index (χ1n) is 9.40. The lowest BCUT2D eigenvalue weighted by molar-refractivity contribution is -0.315. The minimum absolute atomic E-state index is 0.0912. The van der Waals surface area contributed by atoms with Gasteiger partial charge in [0.05, 0.1) is 6.10 Å². The van der Waals surface area contributed by atoms with Crippen LogP contribution in [0.4, 0.5) is 0 Å². The van der Waals surface area contributed by atoms with E-state index in [-0.39, 0.29) is 18.1 Å². The van der Waals surface area contributed by atoms with E-state index in [0.29, 0.717) is 0 Å². The quantitative estimate of drug-likeness (QED) is 0.737. The molecule has 6 heteroatoms. The number of aliphatic hydroxyl groups excluding tert-OH is 1. The highest BCUT2D eigenvalue weighted by Crippen LogP contribution is 2.31. The Bertz CT molecular complexity index is 682. The highest BCUT2D eigenvalue weighted by Gasteiger charge is 2.32. The molecule has 0 radical (unpaired) electrons. The number of hydrogen-bond acceptors (Lipinski definition) is 6. The van der Waals surface area contributed by atoms with Crippen molar-refractivity contribution in [3.8, 4) is 0 Å². The number of aliphatic carboxylic acids is 2. The van der Waals surface area contributed by atoms with Gasteiger partial charge in [0.15, 0.2) is 0 Å². The molecule has 3 rings (SSSR count). The van der Waals surface area contributed by atoms with Crippen molar-refractivity contribution in [2.24, 2.45) is 0 Å². The molecule has 2 N–H and O–H groups in total. The van der Waals surface area contributed by atoms with E-state index >= 15 is 0 Å². The zero-order valence-corrected chi connectivity index (χ0v) is 15.6. The number of carbonyl (C=O) groups is 2. The molecule has 0 bridgehead atoms. The summed E-state index contributed by atoms with van der Waals surface area (Å²) in [6.07, 6.45) is 0.709. The molecule has 2 aromatic carbocycles. The number of benzene rings is 2. The summed E-state index contributed by atoms with van der Waals surface area (Å²) >= 11 is 0. The molecule has 2 atom stereocenters. The van der Waals surface area contributed by atoms with Crippen molar-refractivity contribution < 1.29 is 24.9 Å². The van der Waals surface area contributed by atoms with Crippen LogP contribution in [0.5, 0.6) is 0 Å². The van der Waals surface area contributed by atoms with E-state index in [1.54, 1.807) is 0 Å². The first kappa shape index (κ1) is 21.6. The number of carbonyl (C=O) groups excluding carboxylic acids is 2. The zero-order chi connectivity index (χ0) is 20.4. The first-order valence-corrected chi connectivity index (χ1v) is 9.40. The molecule has 6 nitrogen and oxygen atoms in total. The maximum Gasteiger partial charge on any atom is 0.0703 e. The Hall–Kier alpha value is -2.70. The van der Waals surface area contributed by atoms with Crippen LogP contribution in [0.15, 0.2) is 60.7 Å². The zero-order valence-electron chi connectivity index (χ0n) is 15.6. The summed E-state index contributed by atoms with van der Waals surface area (Å²) in [5, 5.41) is 32.9. The van der Waals surface area contributed by atoms with Gasteiger partial charge in [-0.05, 0) is 43.4 Å². The summed E-state index contributed by atoms with van der Waals surface area (Å²) in [7, 11) is 0. The number of carboxylic acids is 2. The molecule has 0 saturated carbocycles. The molecule has 28 heavy (non-hydrogen) atoms. The maximum absolute atomic E-state index is 10.4. The van der Waals surface area contributed by atoms with Crippen LogP contribution in [0, 0.1) is 0 Å². The van der Waals surface area contributed by atoms with Crippen LogP contribution in [-0.2, 0) is 9.59 Å². The molecule has 0 aromatic heterocycles. The molecule has 1 fully saturated rings. The van der Waals surface area contributed by atoms with Gasteiger partial charge in [-0.15, -0.1) is 0 Å². The average Bonchev–Trinajstić information content (AvgIpc) is 2.70. The predicted octanol–water partition coefficient (Wildman–Crippen LogP) is 0.198. The molecule has 0 spiro atoms.